The molecule has 0 bridgehead atoms. The molecule has 0 saturated heterocycles. The molecule has 0 saturated carbocycles. The van der Waals surface area contributed by atoms with Crippen molar-refractivity contribution in [3.8, 4) is 5.75 Å². The van der Waals surface area contributed by atoms with Crippen LogP contribution in [0.4, 0.5) is 0 Å². The second-order valence-corrected chi connectivity index (χ2v) is 6.03. The highest BCUT2D eigenvalue weighted by Gasteiger charge is 2.01. The van der Waals surface area contributed by atoms with Crippen molar-refractivity contribution >= 4 is 38.9 Å². The van der Waals surface area contributed by atoms with Gasteiger partial charge in [0.15, 0.2) is 0 Å². The molecule has 1 aromatic carbocycles. The summed E-state index contributed by atoms with van der Waals surface area (Å²) < 4.78 is 6.58. The fourth-order valence-corrected chi connectivity index (χ4v) is 2.63. The van der Waals surface area contributed by atoms with Crippen LogP contribution >= 0.6 is 38.9 Å². The first-order valence-electron chi connectivity index (χ1n) is 5.56. The summed E-state index contributed by atoms with van der Waals surface area (Å²) in [5, 5.41) is 6.04. The Morgan fingerprint density at radius 1 is 1.33 bits per heavy atom. The van der Waals surface area contributed by atoms with Crippen molar-refractivity contribution in [3.63, 3.8) is 0 Å². The van der Waals surface area contributed by atoms with Gasteiger partial charge < -0.3 is 10.1 Å². The van der Waals surface area contributed by atoms with E-state index in [1.807, 2.05) is 18.2 Å². The summed E-state index contributed by atoms with van der Waals surface area (Å²) in [7, 11) is 0. The largest absolute Gasteiger partial charge is 0.491 e. The maximum atomic E-state index is 6.03. The molecule has 0 fully saturated rings. The summed E-state index contributed by atoms with van der Waals surface area (Å²) in [6.45, 7) is 2.27. The van der Waals surface area contributed by atoms with E-state index in [4.69, 9.17) is 16.3 Å². The summed E-state index contributed by atoms with van der Waals surface area (Å²) in [5.41, 5.74) is 0. The standard InChI is InChI=1S/C13H13BrClNOS/c14-10-3-4-12(15)13(8-10)17-6-5-16-9-11-2-1-7-18-11/h1-4,7-8,16H,5-6,9H2. The molecule has 1 heterocycles. The first-order valence-corrected chi connectivity index (χ1v) is 7.62. The molecule has 0 unspecified atom stereocenters. The van der Waals surface area contributed by atoms with E-state index in [0.29, 0.717) is 17.4 Å². The van der Waals surface area contributed by atoms with Crippen molar-refractivity contribution in [2.75, 3.05) is 13.2 Å². The van der Waals surface area contributed by atoms with Gasteiger partial charge in [-0.3, -0.25) is 0 Å². The van der Waals surface area contributed by atoms with Crippen molar-refractivity contribution in [2.45, 2.75) is 6.54 Å². The van der Waals surface area contributed by atoms with E-state index in [-0.39, 0.29) is 0 Å². The topological polar surface area (TPSA) is 21.3 Å². The molecule has 18 heavy (non-hydrogen) atoms. The highest BCUT2D eigenvalue weighted by molar-refractivity contribution is 9.10. The van der Waals surface area contributed by atoms with E-state index in [1.165, 1.54) is 4.88 Å². The number of benzene rings is 1. The molecule has 2 aromatic rings. The van der Waals surface area contributed by atoms with Gasteiger partial charge in [0, 0.05) is 22.4 Å². The number of ether oxygens (including phenoxy) is 1. The van der Waals surface area contributed by atoms with Crippen LogP contribution in [-0.4, -0.2) is 13.2 Å². The summed E-state index contributed by atoms with van der Waals surface area (Å²) in [6.07, 6.45) is 0. The third-order valence-corrected chi connectivity index (χ3v) is 3.99. The van der Waals surface area contributed by atoms with Gasteiger partial charge in [0.05, 0.1) is 5.02 Å². The quantitative estimate of drug-likeness (QED) is 0.786. The molecule has 0 aliphatic carbocycles. The molecule has 1 N–H and O–H groups in total. The van der Waals surface area contributed by atoms with Crippen LogP contribution in [0.15, 0.2) is 40.2 Å². The molecule has 0 radical (unpaired) electrons. The average molecular weight is 347 g/mol. The van der Waals surface area contributed by atoms with Crippen LogP contribution in [-0.2, 0) is 6.54 Å². The monoisotopic (exact) mass is 345 g/mol. The predicted molar refractivity (Wildman–Crippen MR) is 80.7 cm³/mol. The van der Waals surface area contributed by atoms with Gasteiger partial charge in [-0.15, -0.1) is 11.3 Å². The van der Waals surface area contributed by atoms with Crippen molar-refractivity contribution in [3.05, 3.63) is 50.1 Å². The maximum absolute atomic E-state index is 6.03. The first kappa shape index (κ1) is 13.9. The van der Waals surface area contributed by atoms with Gasteiger partial charge >= 0.3 is 0 Å². The van der Waals surface area contributed by atoms with Crippen molar-refractivity contribution in [2.24, 2.45) is 0 Å². The Labute approximate surface area is 124 Å². The van der Waals surface area contributed by atoms with E-state index < -0.39 is 0 Å². The molecule has 0 aliphatic heterocycles. The van der Waals surface area contributed by atoms with E-state index in [0.717, 1.165) is 17.6 Å². The Bertz CT molecular complexity index is 490. The predicted octanol–water partition coefficient (Wildman–Crippen LogP) is 4.33. The third kappa shape index (κ3) is 4.28. The second kappa shape index (κ2) is 7.14. The second-order valence-electron chi connectivity index (χ2n) is 3.68. The van der Waals surface area contributed by atoms with Gasteiger partial charge in [-0.1, -0.05) is 33.6 Å². The molecule has 0 atom stereocenters. The molecule has 1 aromatic heterocycles. The van der Waals surface area contributed by atoms with Crippen LogP contribution in [0.1, 0.15) is 4.88 Å². The van der Waals surface area contributed by atoms with Gasteiger partial charge in [-0.2, -0.15) is 0 Å². The Morgan fingerprint density at radius 2 is 2.22 bits per heavy atom. The van der Waals surface area contributed by atoms with Crippen LogP contribution in [0.3, 0.4) is 0 Å². The first-order chi connectivity index (χ1) is 8.75. The lowest BCUT2D eigenvalue weighted by Crippen LogP contribution is -2.20. The lowest BCUT2D eigenvalue weighted by molar-refractivity contribution is 0.314. The van der Waals surface area contributed by atoms with Gasteiger partial charge in [0.1, 0.15) is 12.4 Å². The van der Waals surface area contributed by atoms with Crippen LogP contribution in [0, 0.1) is 0 Å². The number of hydrogen-bond acceptors (Lipinski definition) is 3. The summed E-state index contributed by atoms with van der Waals surface area (Å²) in [4.78, 5) is 1.33. The van der Waals surface area contributed by atoms with Crippen molar-refractivity contribution in [1.29, 1.82) is 0 Å². The molecule has 5 heteroatoms. The van der Waals surface area contributed by atoms with E-state index in [2.05, 4.69) is 38.8 Å². The molecule has 2 nitrogen and oxygen atoms in total. The lowest BCUT2D eigenvalue weighted by Gasteiger charge is -2.09. The summed E-state index contributed by atoms with van der Waals surface area (Å²) >= 11 is 11.2. The van der Waals surface area contributed by atoms with E-state index >= 15 is 0 Å². The molecule has 0 amide bonds. The van der Waals surface area contributed by atoms with Crippen LogP contribution in [0.25, 0.3) is 0 Å². The highest BCUT2D eigenvalue weighted by Crippen LogP contribution is 2.27. The Balaban J connectivity index is 1.70. The van der Waals surface area contributed by atoms with Gasteiger partial charge in [0.25, 0.3) is 0 Å². The number of rotatable bonds is 6. The Morgan fingerprint density at radius 3 is 3.00 bits per heavy atom. The molecular formula is C13H13BrClNOS. The number of hydrogen-bond donors (Lipinski definition) is 1. The lowest BCUT2D eigenvalue weighted by atomic mass is 10.3. The summed E-state index contributed by atoms with van der Waals surface area (Å²) in [5.74, 6) is 0.712. The molecule has 0 aliphatic rings. The summed E-state index contributed by atoms with van der Waals surface area (Å²) in [6, 6.07) is 9.76. The maximum Gasteiger partial charge on any atom is 0.139 e. The molecular weight excluding hydrogens is 334 g/mol. The third-order valence-electron chi connectivity index (χ3n) is 2.31. The highest BCUT2D eigenvalue weighted by atomic mass is 79.9. The Hall–Kier alpha value is -0.550. The zero-order chi connectivity index (χ0) is 12.8. The van der Waals surface area contributed by atoms with Gasteiger partial charge in [-0.25, -0.2) is 0 Å². The number of halogens is 2. The minimum absolute atomic E-state index is 0.599. The van der Waals surface area contributed by atoms with E-state index in [1.54, 1.807) is 11.3 Å². The SMILES string of the molecule is Clc1ccc(Br)cc1OCCNCc1cccs1. The smallest absolute Gasteiger partial charge is 0.139 e. The zero-order valence-corrected chi connectivity index (χ0v) is 12.8. The molecule has 2 rings (SSSR count). The van der Waals surface area contributed by atoms with Crippen LogP contribution in [0.2, 0.25) is 5.02 Å². The number of thiophene rings is 1. The van der Waals surface area contributed by atoms with Crippen LogP contribution in [0.5, 0.6) is 5.75 Å². The van der Waals surface area contributed by atoms with Gasteiger partial charge in [-0.05, 0) is 29.6 Å². The molecule has 96 valence electrons. The van der Waals surface area contributed by atoms with Crippen molar-refractivity contribution in [1.82, 2.24) is 5.32 Å². The minimum atomic E-state index is 0.599. The zero-order valence-electron chi connectivity index (χ0n) is 9.66. The van der Waals surface area contributed by atoms with Gasteiger partial charge in [0.2, 0.25) is 0 Å². The van der Waals surface area contributed by atoms with Crippen LogP contribution < -0.4 is 10.1 Å². The fraction of sp³-hybridized carbons (Fsp3) is 0.231. The normalized spacial score (nSPS) is 10.6. The minimum Gasteiger partial charge on any atom is -0.491 e. The Kier molecular flexibility index (Phi) is 5.50. The fourth-order valence-electron chi connectivity index (χ4n) is 1.45. The van der Waals surface area contributed by atoms with E-state index in [9.17, 15) is 0 Å². The average Bonchev–Trinajstić information content (AvgIpc) is 2.86. The van der Waals surface area contributed by atoms with Crippen molar-refractivity contribution < 1.29 is 4.74 Å². The molecule has 0 spiro atoms. The number of nitrogens with one attached hydrogen (secondary N) is 1.